The maximum absolute atomic E-state index is 12.8. The largest absolute Gasteiger partial charge is 0.368 e. The van der Waals surface area contributed by atoms with Crippen molar-refractivity contribution in [3.63, 3.8) is 0 Å². The van der Waals surface area contributed by atoms with E-state index < -0.39 is 5.82 Å². The third-order valence-electron chi connectivity index (χ3n) is 1.91. The molecule has 3 N–H and O–H groups in total. The molecule has 1 heterocycles. The minimum absolute atomic E-state index is 0.0400. The van der Waals surface area contributed by atoms with Gasteiger partial charge in [-0.05, 0) is 18.2 Å². The third kappa shape index (κ3) is 2.95. The van der Waals surface area contributed by atoms with Gasteiger partial charge in [0.25, 0.3) is 0 Å². The van der Waals surface area contributed by atoms with E-state index in [1.165, 1.54) is 24.3 Å². The number of halogens is 3. The van der Waals surface area contributed by atoms with Gasteiger partial charge in [-0.15, -0.1) is 0 Å². The number of nitrogens with zero attached hydrogens (tertiary/aromatic N) is 2. The van der Waals surface area contributed by atoms with E-state index in [0.717, 1.165) is 0 Å². The average molecular weight is 273 g/mol. The molecule has 0 spiro atoms. The summed E-state index contributed by atoms with van der Waals surface area (Å²) in [6.07, 6.45) is 0. The van der Waals surface area contributed by atoms with Crippen molar-refractivity contribution in [2.75, 3.05) is 11.1 Å². The number of anilines is 3. The molecule has 0 saturated carbocycles. The van der Waals surface area contributed by atoms with Gasteiger partial charge in [0.05, 0.1) is 10.7 Å². The molecule has 17 heavy (non-hydrogen) atoms. The van der Waals surface area contributed by atoms with Crippen LogP contribution in [0.1, 0.15) is 0 Å². The number of nitrogens with one attached hydrogen (secondary N) is 1. The van der Waals surface area contributed by atoms with Gasteiger partial charge in [-0.1, -0.05) is 23.2 Å². The van der Waals surface area contributed by atoms with Crippen molar-refractivity contribution in [3.8, 4) is 0 Å². The van der Waals surface area contributed by atoms with E-state index in [1.807, 2.05) is 0 Å². The summed E-state index contributed by atoms with van der Waals surface area (Å²) in [6.45, 7) is 0. The lowest BCUT2D eigenvalue weighted by Crippen LogP contribution is -2.00. The van der Waals surface area contributed by atoms with Crippen LogP contribution in [0.5, 0.6) is 0 Å². The maximum atomic E-state index is 12.8. The molecule has 0 aliphatic carbocycles. The molecule has 1 aromatic carbocycles. The summed E-state index contributed by atoms with van der Waals surface area (Å²) >= 11 is 11.6. The molecular weight excluding hydrogens is 266 g/mol. The Morgan fingerprint density at radius 1 is 1.18 bits per heavy atom. The molecule has 0 saturated heterocycles. The zero-order valence-corrected chi connectivity index (χ0v) is 9.93. The van der Waals surface area contributed by atoms with E-state index in [9.17, 15) is 4.39 Å². The second-order valence-corrected chi connectivity index (χ2v) is 3.98. The van der Waals surface area contributed by atoms with Crippen LogP contribution in [0.4, 0.5) is 21.8 Å². The molecule has 0 radical (unpaired) electrons. The molecule has 0 aliphatic rings. The molecule has 0 aliphatic heterocycles. The van der Waals surface area contributed by atoms with Gasteiger partial charge in [0.2, 0.25) is 5.95 Å². The summed E-state index contributed by atoms with van der Waals surface area (Å²) < 4.78 is 12.8. The Hall–Kier alpha value is -1.59. The lowest BCUT2D eigenvalue weighted by Gasteiger charge is -2.08. The monoisotopic (exact) mass is 272 g/mol. The van der Waals surface area contributed by atoms with Crippen LogP contribution in [-0.2, 0) is 0 Å². The second kappa shape index (κ2) is 4.73. The quantitative estimate of drug-likeness (QED) is 0.824. The molecule has 0 atom stereocenters. The molecule has 0 amide bonds. The third-order valence-corrected chi connectivity index (χ3v) is 2.41. The first-order chi connectivity index (χ1) is 8.04. The lowest BCUT2D eigenvalue weighted by atomic mass is 10.3. The Labute approximate surface area is 107 Å². The first kappa shape index (κ1) is 11.9. The van der Waals surface area contributed by atoms with Gasteiger partial charge >= 0.3 is 0 Å². The molecule has 7 heteroatoms. The van der Waals surface area contributed by atoms with Crippen molar-refractivity contribution in [2.24, 2.45) is 0 Å². The highest BCUT2D eigenvalue weighted by Crippen LogP contribution is 2.26. The summed E-state index contributed by atoms with van der Waals surface area (Å²) in [7, 11) is 0. The average Bonchev–Trinajstić information content (AvgIpc) is 2.21. The van der Waals surface area contributed by atoms with E-state index in [-0.39, 0.29) is 16.1 Å². The van der Waals surface area contributed by atoms with E-state index >= 15 is 0 Å². The van der Waals surface area contributed by atoms with Gasteiger partial charge < -0.3 is 11.1 Å². The summed E-state index contributed by atoms with van der Waals surface area (Å²) in [5.74, 6) is 0.00928. The molecule has 2 aromatic rings. The van der Waals surface area contributed by atoms with Crippen molar-refractivity contribution in [2.45, 2.75) is 0 Å². The number of nitrogens with two attached hydrogens (primary N) is 1. The van der Waals surface area contributed by atoms with Gasteiger partial charge in [0.1, 0.15) is 16.8 Å². The minimum Gasteiger partial charge on any atom is -0.368 e. The number of aromatic nitrogens is 2. The smallest absolute Gasteiger partial charge is 0.223 e. The lowest BCUT2D eigenvalue weighted by molar-refractivity contribution is 0.628. The summed E-state index contributed by atoms with van der Waals surface area (Å²) in [6, 6.07) is 5.44. The Morgan fingerprint density at radius 2 is 1.94 bits per heavy atom. The van der Waals surface area contributed by atoms with Gasteiger partial charge in [-0.25, -0.2) is 9.37 Å². The van der Waals surface area contributed by atoms with Crippen molar-refractivity contribution in [1.29, 1.82) is 0 Å². The molecule has 0 bridgehead atoms. The molecule has 0 unspecified atom stereocenters. The van der Waals surface area contributed by atoms with Gasteiger partial charge in [-0.3, -0.25) is 0 Å². The standard InChI is InChI=1S/C10H7Cl2FN4/c11-6-3-5(13)1-2-7(6)15-9-4-8(12)16-10(14)17-9/h1-4H,(H3,14,15,16,17). The molecular formula is C10H7Cl2FN4. The summed E-state index contributed by atoms with van der Waals surface area (Å²) in [4.78, 5) is 7.62. The Morgan fingerprint density at radius 3 is 2.59 bits per heavy atom. The van der Waals surface area contributed by atoms with Crippen LogP contribution in [0.2, 0.25) is 10.2 Å². The molecule has 0 fully saturated rings. The number of hydrogen-bond donors (Lipinski definition) is 2. The fourth-order valence-corrected chi connectivity index (χ4v) is 1.63. The normalized spacial score (nSPS) is 10.3. The first-order valence-electron chi connectivity index (χ1n) is 4.57. The van der Waals surface area contributed by atoms with Crippen LogP contribution in [0, 0.1) is 5.82 Å². The van der Waals surface area contributed by atoms with Crippen molar-refractivity contribution >= 4 is 40.7 Å². The molecule has 88 valence electrons. The maximum Gasteiger partial charge on any atom is 0.223 e. The molecule has 2 rings (SSSR count). The minimum atomic E-state index is -0.416. The van der Waals surface area contributed by atoms with Crippen LogP contribution >= 0.6 is 23.2 Å². The predicted octanol–water partition coefficient (Wildman–Crippen LogP) is 3.25. The van der Waals surface area contributed by atoms with Crippen LogP contribution in [-0.4, -0.2) is 9.97 Å². The second-order valence-electron chi connectivity index (χ2n) is 3.18. The topological polar surface area (TPSA) is 63.8 Å². The molecule has 4 nitrogen and oxygen atoms in total. The SMILES string of the molecule is Nc1nc(Cl)cc(Nc2ccc(F)cc2Cl)n1. The van der Waals surface area contributed by atoms with Crippen LogP contribution in [0.25, 0.3) is 0 Å². The zero-order chi connectivity index (χ0) is 12.4. The first-order valence-corrected chi connectivity index (χ1v) is 5.32. The van der Waals surface area contributed by atoms with Crippen molar-refractivity contribution in [1.82, 2.24) is 9.97 Å². The molecule has 1 aromatic heterocycles. The van der Waals surface area contributed by atoms with E-state index in [4.69, 9.17) is 28.9 Å². The fourth-order valence-electron chi connectivity index (χ4n) is 1.23. The van der Waals surface area contributed by atoms with Gasteiger partial charge in [0, 0.05) is 6.07 Å². The summed E-state index contributed by atoms with van der Waals surface area (Å²) in [5.41, 5.74) is 5.94. The Bertz CT molecular complexity index is 542. The fraction of sp³-hybridized carbons (Fsp3) is 0. The highest BCUT2D eigenvalue weighted by molar-refractivity contribution is 6.33. The number of hydrogen-bond acceptors (Lipinski definition) is 4. The van der Waals surface area contributed by atoms with Crippen LogP contribution in [0.15, 0.2) is 24.3 Å². The Balaban J connectivity index is 2.31. The number of benzene rings is 1. The highest BCUT2D eigenvalue weighted by atomic mass is 35.5. The van der Waals surface area contributed by atoms with E-state index in [0.29, 0.717) is 11.5 Å². The van der Waals surface area contributed by atoms with Gasteiger partial charge in [-0.2, -0.15) is 4.98 Å². The summed E-state index contributed by atoms with van der Waals surface area (Å²) in [5, 5.41) is 3.31. The van der Waals surface area contributed by atoms with E-state index in [2.05, 4.69) is 15.3 Å². The number of nitrogen functional groups attached to an aromatic ring is 1. The predicted molar refractivity (Wildman–Crippen MR) is 66.1 cm³/mol. The van der Waals surface area contributed by atoms with Crippen LogP contribution in [0.3, 0.4) is 0 Å². The number of rotatable bonds is 2. The van der Waals surface area contributed by atoms with Crippen LogP contribution < -0.4 is 11.1 Å². The van der Waals surface area contributed by atoms with Crippen molar-refractivity contribution in [3.05, 3.63) is 40.3 Å². The Kier molecular flexibility index (Phi) is 3.31. The van der Waals surface area contributed by atoms with Gasteiger partial charge in [0.15, 0.2) is 0 Å². The van der Waals surface area contributed by atoms with E-state index in [1.54, 1.807) is 0 Å². The highest BCUT2D eigenvalue weighted by Gasteiger charge is 2.05. The zero-order valence-electron chi connectivity index (χ0n) is 8.42. The van der Waals surface area contributed by atoms with Crippen molar-refractivity contribution < 1.29 is 4.39 Å².